The van der Waals surface area contributed by atoms with Crippen molar-refractivity contribution in [3.8, 4) is 0 Å². The number of nitrogens with zero attached hydrogens (tertiary/aromatic N) is 1. The predicted octanol–water partition coefficient (Wildman–Crippen LogP) is 2.21. The maximum atomic E-state index is 12.1. The summed E-state index contributed by atoms with van der Waals surface area (Å²) in [6.45, 7) is 1.62. The van der Waals surface area contributed by atoms with Crippen molar-refractivity contribution in [2.45, 2.75) is 25.3 Å². The Hall–Kier alpha value is -0.330. The first-order chi connectivity index (χ1) is 8.15. The monoisotopic (exact) mass is 380 g/mol. The van der Waals surface area contributed by atoms with E-state index < -0.39 is 0 Å². The SMILES string of the molecule is Cl.NC1CCN(C(=O)Cc2cccc(I)c2)CC1. The lowest BCUT2D eigenvalue weighted by Gasteiger charge is -2.30. The summed E-state index contributed by atoms with van der Waals surface area (Å²) >= 11 is 2.27. The van der Waals surface area contributed by atoms with Crippen LogP contribution >= 0.6 is 35.0 Å². The maximum absolute atomic E-state index is 12.1. The second kappa shape index (κ2) is 7.31. The minimum Gasteiger partial charge on any atom is -0.342 e. The third-order valence-electron chi connectivity index (χ3n) is 3.14. The van der Waals surface area contributed by atoms with E-state index in [2.05, 4.69) is 28.7 Å². The lowest BCUT2D eigenvalue weighted by atomic mass is 10.0. The predicted molar refractivity (Wildman–Crippen MR) is 83.9 cm³/mol. The molecule has 0 aromatic heterocycles. The average molecular weight is 381 g/mol. The number of halogens is 2. The fourth-order valence-corrected chi connectivity index (χ4v) is 2.69. The molecule has 0 spiro atoms. The van der Waals surface area contributed by atoms with E-state index in [9.17, 15) is 4.79 Å². The lowest BCUT2D eigenvalue weighted by molar-refractivity contribution is -0.131. The highest BCUT2D eigenvalue weighted by Crippen LogP contribution is 2.12. The summed E-state index contributed by atoms with van der Waals surface area (Å²) in [6.07, 6.45) is 2.36. The Labute approximate surface area is 128 Å². The van der Waals surface area contributed by atoms with Gasteiger partial charge in [-0.2, -0.15) is 0 Å². The van der Waals surface area contributed by atoms with Gasteiger partial charge in [-0.1, -0.05) is 12.1 Å². The molecule has 1 aromatic rings. The fourth-order valence-electron chi connectivity index (χ4n) is 2.08. The van der Waals surface area contributed by atoms with Crippen LogP contribution in [0.3, 0.4) is 0 Å². The Balaban J connectivity index is 0.00000162. The number of nitrogens with two attached hydrogens (primary N) is 1. The Bertz CT molecular complexity index is 406. The Kier molecular flexibility index (Phi) is 6.38. The van der Waals surface area contributed by atoms with E-state index in [1.807, 2.05) is 23.1 Å². The van der Waals surface area contributed by atoms with Crippen LogP contribution in [-0.4, -0.2) is 29.9 Å². The molecular formula is C13H18ClIN2O. The van der Waals surface area contributed by atoms with Gasteiger partial charge in [0.25, 0.3) is 0 Å². The Morgan fingerprint density at radius 1 is 1.39 bits per heavy atom. The van der Waals surface area contributed by atoms with E-state index in [1.54, 1.807) is 0 Å². The van der Waals surface area contributed by atoms with E-state index in [-0.39, 0.29) is 24.4 Å². The molecule has 2 rings (SSSR count). The van der Waals surface area contributed by atoms with Crippen molar-refractivity contribution in [2.75, 3.05) is 13.1 Å². The van der Waals surface area contributed by atoms with Gasteiger partial charge in [-0.25, -0.2) is 0 Å². The minimum absolute atomic E-state index is 0. The van der Waals surface area contributed by atoms with Crippen LogP contribution in [0.5, 0.6) is 0 Å². The first kappa shape index (κ1) is 15.7. The van der Waals surface area contributed by atoms with Crippen molar-refractivity contribution in [1.29, 1.82) is 0 Å². The van der Waals surface area contributed by atoms with Gasteiger partial charge in [-0.15, -0.1) is 12.4 Å². The summed E-state index contributed by atoms with van der Waals surface area (Å²) in [4.78, 5) is 14.0. The summed E-state index contributed by atoms with van der Waals surface area (Å²) in [5, 5.41) is 0. The summed E-state index contributed by atoms with van der Waals surface area (Å²) < 4.78 is 1.17. The Morgan fingerprint density at radius 3 is 2.67 bits per heavy atom. The molecule has 0 saturated carbocycles. The van der Waals surface area contributed by atoms with Gasteiger partial charge in [0.05, 0.1) is 6.42 Å². The smallest absolute Gasteiger partial charge is 0.226 e. The van der Waals surface area contributed by atoms with E-state index in [0.717, 1.165) is 31.5 Å². The number of carbonyl (C=O) groups excluding carboxylic acids is 1. The van der Waals surface area contributed by atoms with Crippen molar-refractivity contribution in [3.05, 3.63) is 33.4 Å². The summed E-state index contributed by atoms with van der Waals surface area (Å²) in [6, 6.07) is 8.38. The van der Waals surface area contributed by atoms with Crippen molar-refractivity contribution >= 4 is 40.9 Å². The number of carbonyl (C=O) groups is 1. The largest absolute Gasteiger partial charge is 0.342 e. The van der Waals surface area contributed by atoms with Gasteiger partial charge < -0.3 is 10.6 Å². The van der Waals surface area contributed by atoms with Crippen molar-refractivity contribution in [3.63, 3.8) is 0 Å². The van der Waals surface area contributed by atoms with Crippen molar-refractivity contribution < 1.29 is 4.79 Å². The van der Waals surface area contributed by atoms with Crippen LogP contribution in [0.25, 0.3) is 0 Å². The highest BCUT2D eigenvalue weighted by Gasteiger charge is 2.20. The van der Waals surface area contributed by atoms with Gasteiger partial charge >= 0.3 is 0 Å². The molecule has 2 N–H and O–H groups in total. The summed E-state index contributed by atoms with van der Waals surface area (Å²) in [7, 11) is 0. The zero-order chi connectivity index (χ0) is 12.3. The van der Waals surface area contributed by atoms with Gasteiger partial charge in [0.1, 0.15) is 0 Å². The van der Waals surface area contributed by atoms with Crippen molar-refractivity contribution in [1.82, 2.24) is 4.90 Å². The first-order valence-electron chi connectivity index (χ1n) is 5.93. The van der Waals surface area contributed by atoms with E-state index in [1.165, 1.54) is 3.57 Å². The van der Waals surface area contributed by atoms with Gasteiger partial charge in [0, 0.05) is 22.7 Å². The van der Waals surface area contributed by atoms with Crippen LogP contribution in [-0.2, 0) is 11.2 Å². The molecule has 1 aliphatic heterocycles. The molecule has 1 aliphatic rings. The molecule has 0 unspecified atom stereocenters. The summed E-state index contributed by atoms with van der Waals surface area (Å²) in [5.74, 6) is 0.221. The molecule has 1 heterocycles. The second-order valence-electron chi connectivity index (χ2n) is 4.52. The standard InChI is InChI=1S/C13H17IN2O.ClH/c14-11-3-1-2-10(8-11)9-13(17)16-6-4-12(15)5-7-16;/h1-3,8,12H,4-7,9,15H2;1H. The number of hydrogen-bond donors (Lipinski definition) is 1. The summed E-state index contributed by atoms with van der Waals surface area (Å²) in [5.41, 5.74) is 6.92. The van der Waals surface area contributed by atoms with Crippen LogP contribution in [0.15, 0.2) is 24.3 Å². The normalized spacial score (nSPS) is 16.2. The van der Waals surface area contributed by atoms with Gasteiger partial charge in [0.15, 0.2) is 0 Å². The van der Waals surface area contributed by atoms with E-state index in [4.69, 9.17) is 5.73 Å². The average Bonchev–Trinajstić information content (AvgIpc) is 2.29. The third-order valence-corrected chi connectivity index (χ3v) is 3.81. The van der Waals surface area contributed by atoms with Crippen LogP contribution in [0.2, 0.25) is 0 Å². The van der Waals surface area contributed by atoms with Crippen LogP contribution in [0.4, 0.5) is 0 Å². The fraction of sp³-hybridized carbons (Fsp3) is 0.462. The zero-order valence-corrected chi connectivity index (χ0v) is 13.1. The third kappa shape index (κ3) is 4.40. The highest BCUT2D eigenvalue weighted by atomic mass is 127. The molecule has 1 saturated heterocycles. The molecule has 1 aromatic carbocycles. The topological polar surface area (TPSA) is 46.3 Å². The van der Waals surface area contributed by atoms with E-state index in [0.29, 0.717) is 6.42 Å². The quantitative estimate of drug-likeness (QED) is 0.800. The van der Waals surface area contributed by atoms with Crippen LogP contribution in [0.1, 0.15) is 18.4 Å². The Morgan fingerprint density at radius 2 is 2.06 bits per heavy atom. The molecule has 5 heteroatoms. The molecule has 18 heavy (non-hydrogen) atoms. The molecule has 0 bridgehead atoms. The number of rotatable bonds is 2. The molecule has 1 fully saturated rings. The van der Waals surface area contributed by atoms with E-state index >= 15 is 0 Å². The molecule has 3 nitrogen and oxygen atoms in total. The number of benzene rings is 1. The molecule has 0 radical (unpaired) electrons. The van der Waals surface area contributed by atoms with Gasteiger partial charge in [-0.05, 0) is 53.1 Å². The van der Waals surface area contributed by atoms with Crippen LogP contribution < -0.4 is 5.73 Å². The molecule has 1 amide bonds. The van der Waals surface area contributed by atoms with Gasteiger partial charge in [0.2, 0.25) is 5.91 Å². The number of likely N-dealkylation sites (tertiary alicyclic amines) is 1. The highest BCUT2D eigenvalue weighted by molar-refractivity contribution is 14.1. The maximum Gasteiger partial charge on any atom is 0.226 e. The number of hydrogen-bond acceptors (Lipinski definition) is 2. The minimum atomic E-state index is 0. The molecule has 100 valence electrons. The second-order valence-corrected chi connectivity index (χ2v) is 5.77. The molecule has 0 atom stereocenters. The van der Waals surface area contributed by atoms with Crippen molar-refractivity contribution in [2.24, 2.45) is 5.73 Å². The number of amides is 1. The zero-order valence-electron chi connectivity index (χ0n) is 10.1. The molecular weight excluding hydrogens is 363 g/mol. The lowest BCUT2D eigenvalue weighted by Crippen LogP contribution is -2.43. The first-order valence-corrected chi connectivity index (χ1v) is 7.01. The van der Waals surface area contributed by atoms with Gasteiger partial charge in [-0.3, -0.25) is 4.79 Å². The molecule has 0 aliphatic carbocycles. The number of piperidine rings is 1. The van der Waals surface area contributed by atoms with Crippen LogP contribution in [0, 0.1) is 3.57 Å².